The molecule has 124 valence electrons. The summed E-state index contributed by atoms with van der Waals surface area (Å²) in [6.07, 6.45) is 1.45. The van der Waals surface area contributed by atoms with E-state index in [4.69, 9.17) is 10.00 Å². The van der Waals surface area contributed by atoms with Gasteiger partial charge in [-0.05, 0) is 26.0 Å². The first-order valence-electron chi connectivity index (χ1n) is 7.78. The van der Waals surface area contributed by atoms with Gasteiger partial charge in [-0.3, -0.25) is 9.48 Å². The van der Waals surface area contributed by atoms with Crippen molar-refractivity contribution in [2.75, 3.05) is 19.8 Å². The van der Waals surface area contributed by atoms with Crippen molar-refractivity contribution in [2.45, 2.75) is 19.9 Å². The second kappa shape index (κ2) is 6.42. The number of nitriles is 1. The molecule has 0 spiro atoms. The van der Waals surface area contributed by atoms with Crippen LogP contribution in [0.5, 0.6) is 0 Å². The van der Waals surface area contributed by atoms with E-state index >= 15 is 0 Å². The molecule has 0 radical (unpaired) electrons. The number of morpholine rings is 1. The normalized spacial score (nSPS) is 17.6. The average Bonchev–Trinajstić information content (AvgIpc) is 2.86. The fourth-order valence-electron chi connectivity index (χ4n) is 3.11. The smallest absolute Gasteiger partial charge is 0.256 e. The summed E-state index contributed by atoms with van der Waals surface area (Å²) in [6, 6.07) is 4.99. The summed E-state index contributed by atoms with van der Waals surface area (Å²) in [7, 11) is 1.90. The van der Waals surface area contributed by atoms with Gasteiger partial charge < -0.3 is 9.64 Å². The van der Waals surface area contributed by atoms with Gasteiger partial charge in [0.05, 0.1) is 30.5 Å². The maximum absolute atomic E-state index is 12.9. The zero-order chi connectivity index (χ0) is 17.3. The highest BCUT2D eigenvalue weighted by molar-refractivity contribution is 5.94. The van der Waals surface area contributed by atoms with Gasteiger partial charge in [0.2, 0.25) is 0 Å². The van der Waals surface area contributed by atoms with Gasteiger partial charge in [-0.25, -0.2) is 4.98 Å². The summed E-state index contributed by atoms with van der Waals surface area (Å²) in [6.45, 7) is 5.41. The molecule has 7 heteroatoms. The molecule has 1 aliphatic heterocycles. The number of aromatic nitrogens is 3. The molecule has 0 aliphatic carbocycles. The Kier molecular flexibility index (Phi) is 4.32. The van der Waals surface area contributed by atoms with Crippen molar-refractivity contribution in [3.05, 3.63) is 46.5 Å². The summed E-state index contributed by atoms with van der Waals surface area (Å²) < 4.78 is 7.44. The highest BCUT2D eigenvalue weighted by atomic mass is 16.5. The third kappa shape index (κ3) is 2.76. The second-order valence-corrected chi connectivity index (χ2v) is 5.84. The van der Waals surface area contributed by atoms with Gasteiger partial charge in [0.1, 0.15) is 11.8 Å². The number of carbonyl (C=O) groups is 1. The molecule has 1 unspecified atom stereocenters. The van der Waals surface area contributed by atoms with Crippen molar-refractivity contribution in [3.63, 3.8) is 0 Å². The Morgan fingerprint density at radius 1 is 1.42 bits per heavy atom. The number of pyridine rings is 1. The molecule has 0 N–H and O–H groups in total. The van der Waals surface area contributed by atoms with Crippen molar-refractivity contribution in [1.29, 1.82) is 5.26 Å². The van der Waals surface area contributed by atoms with Gasteiger partial charge in [-0.1, -0.05) is 0 Å². The first-order chi connectivity index (χ1) is 11.5. The molecule has 0 aromatic carbocycles. The molecule has 24 heavy (non-hydrogen) atoms. The first-order valence-corrected chi connectivity index (χ1v) is 7.78. The van der Waals surface area contributed by atoms with E-state index in [0.29, 0.717) is 31.0 Å². The van der Waals surface area contributed by atoms with Crippen molar-refractivity contribution >= 4 is 5.91 Å². The highest BCUT2D eigenvalue weighted by Gasteiger charge is 2.33. The third-order valence-corrected chi connectivity index (χ3v) is 4.41. The molecule has 7 nitrogen and oxygen atoms in total. The van der Waals surface area contributed by atoms with E-state index in [1.807, 2.05) is 36.5 Å². The molecule has 1 atom stereocenters. The van der Waals surface area contributed by atoms with Crippen LogP contribution in [-0.2, 0) is 11.8 Å². The van der Waals surface area contributed by atoms with Gasteiger partial charge in [0, 0.05) is 31.0 Å². The highest BCUT2D eigenvalue weighted by Crippen LogP contribution is 2.30. The van der Waals surface area contributed by atoms with Crippen LogP contribution in [0.25, 0.3) is 0 Å². The third-order valence-electron chi connectivity index (χ3n) is 4.41. The zero-order valence-corrected chi connectivity index (χ0v) is 14.0. The number of carbonyl (C=O) groups excluding carboxylic acids is 1. The van der Waals surface area contributed by atoms with Gasteiger partial charge >= 0.3 is 0 Å². The van der Waals surface area contributed by atoms with Crippen molar-refractivity contribution in [1.82, 2.24) is 19.7 Å². The van der Waals surface area contributed by atoms with Crippen LogP contribution in [0.15, 0.2) is 18.3 Å². The molecular weight excluding hydrogens is 306 g/mol. The quantitative estimate of drug-likeness (QED) is 0.836. The van der Waals surface area contributed by atoms with Crippen LogP contribution in [0, 0.1) is 25.2 Å². The van der Waals surface area contributed by atoms with Crippen LogP contribution in [0.3, 0.4) is 0 Å². The fourth-order valence-corrected chi connectivity index (χ4v) is 3.11. The molecule has 2 aromatic heterocycles. The van der Waals surface area contributed by atoms with E-state index in [-0.39, 0.29) is 11.9 Å². The van der Waals surface area contributed by atoms with E-state index in [1.165, 1.54) is 6.20 Å². The maximum Gasteiger partial charge on any atom is 0.256 e. The summed E-state index contributed by atoms with van der Waals surface area (Å²) in [5.41, 5.74) is 3.73. The Morgan fingerprint density at radius 3 is 2.79 bits per heavy atom. The summed E-state index contributed by atoms with van der Waals surface area (Å²) in [4.78, 5) is 18.7. The SMILES string of the molecule is Cc1nn(C)c(C)c1C1COCCN1C(=O)c1ccc(C#N)nc1. The van der Waals surface area contributed by atoms with Crippen LogP contribution in [-0.4, -0.2) is 45.3 Å². The van der Waals surface area contributed by atoms with Crippen LogP contribution < -0.4 is 0 Å². The Balaban J connectivity index is 1.94. The van der Waals surface area contributed by atoms with Crippen molar-refractivity contribution in [3.8, 4) is 6.07 Å². The minimum Gasteiger partial charge on any atom is -0.377 e. The van der Waals surface area contributed by atoms with Crippen LogP contribution in [0.4, 0.5) is 0 Å². The molecule has 1 amide bonds. The molecule has 0 saturated carbocycles. The second-order valence-electron chi connectivity index (χ2n) is 5.84. The predicted octanol–water partition coefficient (Wildman–Crippen LogP) is 1.52. The lowest BCUT2D eigenvalue weighted by atomic mass is 10.0. The monoisotopic (exact) mass is 325 g/mol. The summed E-state index contributed by atoms with van der Waals surface area (Å²) in [5.74, 6) is -0.108. The number of amides is 1. The Bertz CT molecular complexity index is 804. The molecule has 1 saturated heterocycles. The predicted molar refractivity (Wildman–Crippen MR) is 86.2 cm³/mol. The number of hydrogen-bond acceptors (Lipinski definition) is 5. The van der Waals surface area contributed by atoms with E-state index < -0.39 is 0 Å². The number of ether oxygens (including phenoxy) is 1. The number of rotatable bonds is 2. The van der Waals surface area contributed by atoms with E-state index in [1.54, 1.807) is 12.1 Å². The van der Waals surface area contributed by atoms with Gasteiger partial charge in [-0.15, -0.1) is 0 Å². The lowest BCUT2D eigenvalue weighted by Crippen LogP contribution is -2.43. The number of hydrogen-bond donors (Lipinski definition) is 0. The lowest BCUT2D eigenvalue weighted by molar-refractivity contribution is -0.00307. The Hall–Kier alpha value is -2.72. The number of nitrogens with zero attached hydrogens (tertiary/aromatic N) is 5. The van der Waals surface area contributed by atoms with Gasteiger partial charge in [-0.2, -0.15) is 10.4 Å². The molecule has 1 fully saturated rings. The van der Waals surface area contributed by atoms with Crippen molar-refractivity contribution < 1.29 is 9.53 Å². The maximum atomic E-state index is 12.9. The van der Waals surface area contributed by atoms with Crippen LogP contribution >= 0.6 is 0 Å². The van der Waals surface area contributed by atoms with Gasteiger partial charge in [0.15, 0.2) is 0 Å². The van der Waals surface area contributed by atoms with Crippen LogP contribution in [0.2, 0.25) is 0 Å². The summed E-state index contributed by atoms with van der Waals surface area (Å²) >= 11 is 0. The Morgan fingerprint density at radius 2 is 2.21 bits per heavy atom. The van der Waals surface area contributed by atoms with Gasteiger partial charge in [0.25, 0.3) is 5.91 Å². The largest absolute Gasteiger partial charge is 0.377 e. The lowest BCUT2D eigenvalue weighted by Gasteiger charge is -2.36. The zero-order valence-electron chi connectivity index (χ0n) is 14.0. The molecule has 3 rings (SSSR count). The molecular formula is C17H19N5O2. The Labute approximate surface area is 140 Å². The molecule has 2 aromatic rings. The minimum atomic E-state index is -0.171. The number of aryl methyl sites for hydroxylation is 2. The van der Waals surface area contributed by atoms with E-state index in [0.717, 1.165) is 17.0 Å². The van der Waals surface area contributed by atoms with E-state index in [9.17, 15) is 4.79 Å². The molecule has 0 bridgehead atoms. The van der Waals surface area contributed by atoms with E-state index in [2.05, 4.69) is 10.1 Å². The fraction of sp³-hybridized carbons (Fsp3) is 0.412. The minimum absolute atomic E-state index is 0.108. The van der Waals surface area contributed by atoms with Crippen LogP contribution in [0.1, 0.15) is 39.0 Å². The molecule has 1 aliphatic rings. The average molecular weight is 325 g/mol. The summed E-state index contributed by atoms with van der Waals surface area (Å²) in [5, 5.41) is 13.3. The molecule has 3 heterocycles. The topological polar surface area (TPSA) is 84.0 Å². The standard InChI is InChI=1S/C17H19N5O2/c1-11-16(12(2)21(3)20-11)15-10-24-7-6-22(15)17(23)13-4-5-14(8-18)19-9-13/h4-5,9,15H,6-7,10H2,1-3H3. The first kappa shape index (κ1) is 16.1. The van der Waals surface area contributed by atoms with Crippen molar-refractivity contribution in [2.24, 2.45) is 7.05 Å².